The molecule has 0 amide bonds. The first-order valence-electron chi connectivity index (χ1n) is 5.62. The zero-order valence-electron chi connectivity index (χ0n) is 9.78. The molecule has 92 valence electrons. The number of hydrogen-bond donors (Lipinski definition) is 1. The van der Waals surface area contributed by atoms with E-state index in [-0.39, 0.29) is 17.6 Å². The van der Waals surface area contributed by atoms with E-state index in [2.05, 4.69) is 5.32 Å². The van der Waals surface area contributed by atoms with Crippen molar-refractivity contribution in [2.45, 2.75) is 6.04 Å². The summed E-state index contributed by atoms with van der Waals surface area (Å²) in [5.74, 6) is -0.0798. The van der Waals surface area contributed by atoms with Gasteiger partial charge in [0, 0.05) is 12.6 Å². The summed E-state index contributed by atoms with van der Waals surface area (Å²) in [6.07, 6.45) is 3.87. The van der Waals surface area contributed by atoms with Gasteiger partial charge in [-0.05, 0) is 17.7 Å². The van der Waals surface area contributed by atoms with Crippen LogP contribution in [0.4, 0.5) is 4.39 Å². The molecule has 0 saturated carbocycles. The smallest absolute Gasteiger partial charge is 0.165 e. The molecule has 1 heterocycles. The number of halogens is 1. The van der Waals surface area contributed by atoms with Crippen LogP contribution in [0.1, 0.15) is 5.56 Å². The summed E-state index contributed by atoms with van der Waals surface area (Å²) >= 11 is 0. The summed E-state index contributed by atoms with van der Waals surface area (Å²) in [5.41, 5.74) is 0.815. The highest BCUT2D eigenvalue weighted by molar-refractivity contribution is 5.51. The van der Waals surface area contributed by atoms with Gasteiger partial charge in [0.05, 0.1) is 20.3 Å². The molecule has 1 aromatic carbocycles. The van der Waals surface area contributed by atoms with Gasteiger partial charge in [0.2, 0.25) is 0 Å². The Balaban J connectivity index is 2.02. The summed E-state index contributed by atoms with van der Waals surface area (Å²) in [4.78, 5) is 0. The predicted octanol–water partition coefficient (Wildman–Crippen LogP) is 1.84. The van der Waals surface area contributed by atoms with Crippen molar-refractivity contribution in [1.82, 2.24) is 5.32 Å². The third-order valence-electron chi connectivity index (χ3n) is 2.65. The van der Waals surface area contributed by atoms with Crippen LogP contribution in [0.15, 0.2) is 24.3 Å². The maximum Gasteiger partial charge on any atom is 0.165 e. The molecule has 1 unspecified atom stereocenters. The molecule has 1 saturated heterocycles. The lowest BCUT2D eigenvalue weighted by Gasteiger charge is -2.20. The Morgan fingerprint density at radius 3 is 3.06 bits per heavy atom. The van der Waals surface area contributed by atoms with E-state index in [1.54, 1.807) is 6.07 Å². The minimum Gasteiger partial charge on any atom is -0.494 e. The van der Waals surface area contributed by atoms with Gasteiger partial charge in [0.1, 0.15) is 0 Å². The fourth-order valence-electron chi connectivity index (χ4n) is 1.72. The topological polar surface area (TPSA) is 30.5 Å². The molecule has 0 bridgehead atoms. The van der Waals surface area contributed by atoms with E-state index in [1.165, 1.54) is 13.2 Å². The molecule has 1 aliphatic rings. The Kier molecular flexibility index (Phi) is 4.12. The summed E-state index contributed by atoms with van der Waals surface area (Å²) in [7, 11) is 1.46. The van der Waals surface area contributed by atoms with Crippen molar-refractivity contribution in [3.63, 3.8) is 0 Å². The van der Waals surface area contributed by atoms with Crippen LogP contribution < -0.4 is 10.1 Å². The van der Waals surface area contributed by atoms with E-state index in [0.29, 0.717) is 6.61 Å². The van der Waals surface area contributed by atoms with E-state index in [4.69, 9.17) is 9.47 Å². The van der Waals surface area contributed by atoms with Gasteiger partial charge in [0.25, 0.3) is 0 Å². The average molecular weight is 237 g/mol. The van der Waals surface area contributed by atoms with E-state index < -0.39 is 0 Å². The van der Waals surface area contributed by atoms with Gasteiger partial charge >= 0.3 is 0 Å². The summed E-state index contributed by atoms with van der Waals surface area (Å²) in [6, 6.07) is 5.11. The summed E-state index contributed by atoms with van der Waals surface area (Å²) in [5, 5.41) is 3.30. The Morgan fingerprint density at radius 1 is 1.53 bits per heavy atom. The van der Waals surface area contributed by atoms with Crippen LogP contribution in [-0.2, 0) is 4.74 Å². The second kappa shape index (κ2) is 5.80. The highest BCUT2D eigenvalue weighted by Gasteiger charge is 2.09. The van der Waals surface area contributed by atoms with E-state index >= 15 is 0 Å². The number of morpholine rings is 1. The summed E-state index contributed by atoms with van der Waals surface area (Å²) < 4.78 is 23.6. The third-order valence-corrected chi connectivity index (χ3v) is 2.65. The molecule has 0 spiro atoms. The molecule has 0 radical (unpaired) electrons. The Morgan fingerprint density at radius 2 is 2.41 bits per heavy atom. The van der Waals surface area contributed by atoms with E-state index in [9.17, 15) is 4.39 Å². The number of methoxy groups -OCH3 is 1. The lowest BCUT2D eigenvalue weighted by Crippen LogP contribution is -2.39. The maximum atomic E-state index is 13.4. The summed E-state index contributed by atoms with van der Waals surface area (Å²) in [6.45, 7) is 2.27. The molecule has 2 rings (SSSR count). The zero-order valence-corrected chi connectivity index (χ0v) is 9.78. The van der Waals surface area contributed by atoms with E-state index in [0.717, 1.165) is 18.7 Å². The SMILES string of the molecule is COc1ccc(/C=C/C2COCCN2)cc1F. The van der Waals surface area contributed by atoms with Gasteiger partial charge < -0.3 is 14.8 Å². The normalized spacial score (nSPS) is 20.7. The molecular weight excluding hydrogens is 221 g/mol. The first kappa shape index (κ1) is 12.1. The molecule has 0 aliphatic carbocycles. The second-order valence-corrected chi connectivity index (χ2v) is 3.89. The molecule has 1 aliphatic heterocycles. The number of ether oxygens (including phenoxy) is 2. The first-order chi connectivity index (χ1) is 8.29. The average Bonchev–Trinajstić information content (AvgIpc) is 2.38. The quantitative estimate of drug-likeness (QED) is 0.870. The largest absolute Gasteiger partial charge is 0.494 e. The minimum absolute atomic E-state index is 0.203. The Hall–Kier alpha value is -1.39. The van der Waals surface area contributed by atoms with Gasteiger partial charge in [-0.25, -0.2) is 4.39 Å². The number of rotatable bonds is 3. The van der Waals surface area contributed by atoms with Gasteiger partial charge in [-0.15, -0.1) is 0 Å². The molecule has 4 heteroatoms. The van der Waals surface area contributed by atoms with Crippen LogP contribution in [0.3, 0.4) is 0 Å². The molecule has 0 aromatic heterocycles. The number of nitrogens with one attached hydrogen (secondary N) is 1. The van der Waals surface area contributed by atoms with Crippen molar-refractivity contribution < 1.29 is 13.9 Å². The fraction of sp³-hybridized carbons (Fsp3) is 0.385. The predicted molar refractivity (Wildman–Crippen MR) is 64.6 cm³/mol. The van der Waals surface area contributed by atoms with Crippen molar-refractivity contribution in [2.24, 2.45) is 0 Å². The third kappa shape index (κ3) is 3.28. The lowest BCUT2D eigenvalue weighted by molar-refractivity contribution is 0.0903. The van der Waals surface area contributed by atoms with Crippen LogP contribution in [0, 0.1) is 5.82 Å². The van der Waals surface area contributed by atoms with Gasteiger partial charge in [-0.1, -0.05) is 18.2 Å². The Labute approximate surface area is 100 Å². The maximum absolute atomic E-state index is 13.4. The van der Waals surface area contributed by atoms with Crippen LogP contribution >= 0.6 is 0 Å². The lowest BCUT2D eigenvalue weighted by atomic mass is 10.1. The first-order valence-corrected chi connectivity index (χ1v) is 5.62. The molecule has 3 nitrogen and oxygen atoms in total. The fourth-order valence-corrected chi connectivity index (χ4v) is 1.72. The van der Waals surface area contributed by atoms with Crippen molar-refractivity contribution in [3.05, 3.63) is 35.7 Å². The molecule has 1 fully saturated rings. The van der Waals surface area contributed by atoms with Crippen molar-refractivity contribution in [3.8, 4) is 5.75 Å². The number of hydrogen-bond acceptors (Lipinski definition) is 3. The second-order valence-electron chi connectivity index (χ2n) is 3.89. The van der Waals surface area contributed by atoms with Crippen LogP contribution in [0.25, 0.3) is 6.08 Å². The van der Waals surface area contributed by atoms with Crippen LogP contribution in [-0.4, -0.2) is 32.9 Å². The van der Waals surface area contributed by atoms with Gasteiger partial charge in [-0.2, -0.15) is 0 Å². The molecule has 1 N–H and O–H groups in total. The standard InChI is InChI=1S/C13H16FNO2/c1-16-13-5-3-10(8-12(13)14)2-4-11-9-17-7-6-15-11/h2-5,8,11,15H,6-7,9H2,1H3/b4-2+. The minimum atomic E-state index is -0.345. The van der Waals surface area contributed by atoms with Gasteiger partial charge in [-0.3, -0.25) is 0 Å². The highest BCUT2D eigenvalue weighted by atomic mass is 19.1. The number of benzene rings is 1. The van der Waals surface area contributed by atoms with Crippen LogP contribution in [0.2, 0.25) is 0 Å². The van der Waals surface area contributed by atoms with E-state index in [1.807, 2.05) is 18.2 Å². The van der Waals surface area contributed by atoms with Gasteiger partial charge in [0.15, 0.2) is 11.6 Å². The molecular formula is C13H16FNO2. The zero-order chi connectivity index (χ0) is 12.1. The highest BCUT2D eigenvalue weighted by Crippen LogP contribution is 2.18. The Bertz CT molecular complexity index is 400. The molecule has 1 aromatic rings. The molecule has 17 heavy (non-hydrogen) atoms. The molecule has 1 atom stereocenters. The van der Waals surface area contributed by atoms with Crippen molar-refractivity contribution in [1.29, 1.82) is 0 Å². The van der Waals surface area contributed by atoms with Crippen molar-refractivity contribution >= 4 is 6.08 Å². The van der Waals surface area contributed by atoms with Crippen LogP contribution in [0.5, 0.6) is 5.75 Å². The van der Waals surface area contributed by atoms with Crippen molar-refractivity contribution in [2.75, 3.05) is 26.9 Å². The monoisotopic (exact) mass is 237 g/mol.